The van der Waals surface area contributed by atoms with Crippen molar-refractivity contribution in [3.8, 4) is 12.1 Å². The molecule has 1 saturated carbocycles. The maximum Gasteiger partial charge on any atom is 0.167 e. The fourth-order valence-corrected chi connectivity index (χ4v) is 2.14. The average molecular weight is 208 g/mol. The maximum absolute atomic E-state index is 8.79. The fraction of sp³-hybridized carbons (Fsp3) is 0.818. The van der Waals surface area contributed by atoms with E-state index < -0.39 is 11.7 Å². The molecule has 4 heteroatoms. The summed E-state index contributed by atoms with van der Waals surface area (Å²) in [6.07, 6.45) is 3.13. The van der Waals surface area contributed by atoms with Crippen molar-refractivity contribution in [1.29, 1.82) is 10.5 Å². The molecule has 0 aliphatic heterocycles. The second kappa shape index (κ2) is 5.11. The van der Waals surface area contributed by atoms with Crippen molar-refractivity contribution in [2.24, 2.45) is 11.8 Å². The summed E-state index contributed by atoms with van der Waals surface area (Å²) < 4.78 is 10.7. The summed E-state index contributed by atoms with van der Waals surface area (Å²) in [4.78, 5) is 0. The number of methoxy groups -OCH3 is 2. The van der Waals surface area contributed by atoms with Crippen LogP contribution in [0.3, 0.4) is 0 Å². The summed E-state index contributed by atoms with van der Waals surface area (Å²) in [5, 5.41) is 17.6. The van der Waals surface area contributed by atoms with Gasteiger partial charge in [0.05, 0.1) is 12.1 Å². The molecular weight excluding hydrogens is 192 g/mol. The molecule has 0 saturated heterocycles. The van der Waals surface area contributed by atoms with Gasteiger partial charge < -0.3 is 9.47 Å². The Morgan fingerprint density at radius 3 is 1.93 bits per heavy atom. The van der Waals surface area contributed by atoms with Crippen LogP contribution in [0.15, 0.2) is 0 Å². The van der Waals surface area contributed by atoms with Crippen molar-refractivity contribution in [3.05, 3.63) is 0 Å². The van der Waals surface area contributed by atoms with Crippen molar-refractivity contribution in [2.75, 3.05) is 14.2 Å². The monoisotopic (exact) mass is 208 g/mol. The highest BCUT2D eigenvalue weighted by Crippen LogP contribution is 2.37. The predicted molar refractivity (Wildman–Crippen MR) is 53.4 cm³/mol. The summed E-state index contributed by atoms with van der Waals surface area (Å²) in [5.41, 5.74) is 0. The van der Waals surface area contributed by atoms with Gasteiger partial charge >= 0.3 is 0 Å². The molecule has 0 atom stereocenters. The molecule has 1 rings (SSSR count). The molecule has 15 heavy (non-hydrogen) atoms. The quantitative estimate of drug-likeness (QED) is 0.663. The molecule has 0 spiro atoms. The molecule has 0 radical (unpaired) electrons. The van der Waals surface area contributed by atoms with Crippen molar-refractivity contribution in [3.63, 3.8) is 0 Å². The standard InChI is InChI=1S/C11H16N2O2/c1-14-11(15-2)5-3-9(4-6-11)10(7-12)8-13/h9-10H,3-6H2,1-2H3. The Balaban J connectivity index is 2.56. The number of nitriles is 2. The first-order chi connectivity index (χ1) is 7.21. The zero-order valence-corrected chi connectivity index (χ0v) is 9.19. The minimum absolute atomic E-state index is 0.165. The number of hydrogen-bond donors (Lipinski definition) is 0. The molecule has 0 aromatic heterocycles. The van der Waals surface area contributed by atoms with E-state index in [0.29, 0.717) is 0 Å². The molecule has 82 valence electrons. The van der Waals surface area contributed by atoms with Crippen molar-refractivity contribution >= 4 is 0 Å². The van der Waals surface area contributed by atoms with Crippen LogP contribution in [0.1, 0.15) is 25.7 Å². The van der Waals surface area contributed by atoms with Crippen LogP contribution in [0.4, 0.5) is 0 Å². The smallest absolute Gasteiger partial charge is 0.167 e. The first-order valence-electron chi connectivity index (χ1n) is 5.11. The van der Waals surface area contributed by atoms with Crippen LogP contribution in [-0.4, -0.2) is 20.0 Å². The Kier molecular flexibility index (Phi) is 4.08. The van der Waals surface area contributed by atoms with E-state index in [4.69, 9.17) is 20.0 Å². The van der Waals surface area contributed by atoms with Gasteiger partial charge in [0.1, 0.15) is 5.92 Å². The van der Waals surface area contributed by atoms with E-state index in [0.717, 1.165) is 25.7 Å². The number of hydrogen-bond acceptors (Lipinski definition) is 4. The Morgan fingerprint density at radius 1 is 1.13 bits per heavy atom. The minimum atomic E-state index is -0.494. The molecule has 1 fully saturated rings. The van der Waals surface area contributed by atoms with Gasteiger partial charge in [0.25, 0.3) is 0 Å². The summed E-state index contributed by atoms with van der Waals surface area (Å²) in [5.74, 6) is -0.818. The molecule has 0 bridgehead atoms. The molecule has 0 N–H and O–H groups in total. The summed E-state index contributed by atoms with van der Waals surface area (Å²) >= 11 is 0. The Bertz CT molecular complexity index is 262. The van der Waals surface area contributed by atoms with Crippen LogP contribution in [0.25, 0.3) is 0 Å². The van der Waals surface area contributed by atoms with Crippen LogP contribution in [0, 0.1) is 34.5 Å². The second-order valence-electron chi connectivity index (χ2n) is 3.89. The molecule has 0 heterocycles. The maximum atomic E-state index is 8.79. The highest BCUT2D eigenvalue weighted by molar-refractivity contribution is 5.04. The van der Waals surface area contributed by atoms with E-state index in [-0.39, 0.29) is 5.92 Å². The van der Waals surface area contributed by atoms with E-state index in [2.05, 4.69) is 0 Å². The van der Waals surface area contributed by atoms with E-state index in [1.54, 1.807) is 14.2 Å². The van der Waals surface area contributed by atoms with Gasteiger partial charge in [-0.3, -0.25) is 0 Å². The Labute approximate surface area is 90.4 Å². The Hall–Kier alpha value is -1.10. The van der Waals surface area contributed by atoms with Gasteiger partial charge in [-0.2, -0.15) is 10.5 Å². The van der Waals surface area contributed by atoms with Crippen LogP contribution in [0.2, 0.25) is 0 Å². The van der Waals surface area contributed by atoms with E-state index in [9.17, 15) is 0 Å². The zero-order valence-electron chi connectivity index (χ0n) is 9.19. The van der Waals surface area contributed by atoms with Crippen LogP contribution in [0.5, 0.6) is 0 Å². The molecule has 1 aliphatic rings. The molecule has 0 aromatic rings. The van der Waals surface area contributed by atoms with E-state index >= 15 is 0 Å². The highest BCUT2D eigenvalue weighted by Gasteiger charge is 2.37. The minimum Gasteiger partial charge on any atom is -0.353 e. The van der Waals surface area contributed by atoms with Gasteiger partial charge in [-0.15, -0.1) is 0 Å². The zero-order chi connectivity index (χ0) is 11.3. The normalized spacial score (nSPS) is 20.9. The van der Waals surface area contributed by atoms with E-state index in [1.165, 1.54) is 0 Å². The summed E-state index contributed by atoms with van der Waals surface area (Å²) in [6.45, 7) is 0. The molecule has 0 amide bonds. The van der Waals surface area contributed by atoms with Gasteiger partial charge in [0, 0.05) is 27.1 Å². The summed E-state index contributed by atoms with van der Waals surface area (Å²) in [7, 11) is 3.27. The topological polar surface area (TPSA) is 66.0 Å². The lowest BCUT2D eigenvalue weighted by atomic mass is 9.78. The van der Waals surface area contributed by atoms with Crippen molar-refractivity contribution in [2.45, 2.75) is 31.5 Å². The first kappa shape index (κ1) is 12.0. The number of rotatable bonds is 3. The third-order valence-corrected chi connectivity index (χ3v) is 3.29. The van der Waals surface area contributed by atoms with Gasteiger partial charge in [-0.25, -0.2) is 0 Å². The highest BCUT2D eigenvalue weighted by atomic mass is 16.7. The molecule has 0 unspecified atom stereocenters. The molecular formula is C11H16N2O2. The third kappa shape index (κ3) is 2.47. The predicted octanol–water partition coefficient (Wildman–Crippen LogP) is 1.83. The number of ether oxygens (including phenoxy) is 2. The van der Waals surface area contributed by atoms with Gasteiger partial charge in [0.15, 0.2) is 5.79 Å². The first-order valence-corrected chi connectivity index (χ1v) is 5.11. The van der Waals surface area contributed by atoms with Gasteiger partial charge in [0.2, 0.25) is 0 Å². The molecule has 1 aliphatic carbocycles. The van der Waals surface area contributed by atoms with Crippen molar-refractivity contribution < 1.29 is 9.47 Å². The lowest BCUT2D eigenvalue weighted by Gasteiger charge is -2.37. The fourth-order valence-electron chi connectivity index (χ4n) is 2.14. The molecule has 4 nitrogen and oxygen atoms in total. The molecule has 0 aromatic carbocycles. The van der Waals surface area contributed by atoms with E-state index in [1.807, 2.05) is 12.1 Å². The largest absolute Gasteiger partial charge is 0.353 e. The van der Waals surface area contributed by atoms with Crippen LogP contribution >= 0.6 is 0 Å². The lowest BCUT2D eigenvalue weighted by Crippen LogP contribution is -2.39. The van der Waals surface area contributed by atoms with Gasteiger partial charge in [-0.1, -0.05) is 0 Å². The third-order valence-electron chi connectivity index (χ3n) is 3.29. The van der Waals surface area contributed by atoms with Crippen molar-refractivity contribution in [1.82, 2.24) is 0 Å². The van der Waals surface area contributed by atoms with Gasteiger partial charge in [-0.05, 0) is 18.8 Å². The average Bonchev–Trinajstić information content (AvgIpc) is 2.32. The van der Waals surface area contributed by atoms with Crippen LogP contribution in [-0.2, 0) is 9.47 Å². The second-order valence-corrected chi connectivity index (χ2v) is 3.89. The lowest BCUT2D eigenvalue weighted by molar-refractivity contribution is -0.228. The SMILES string of the molecule is COC1(OC)CCC(C(C#N)C#N)CC1. The summed E-state index contributed by atoms with van der Waals surface area (Å²) in [6, 6.07) is 4.08. The van der Waals surface area contributed by atoms with Crippen LogP contribution < -0.4 is 0 Å². The Morgan fingerprint density at radius 2 is 1.60 bits per heavy atom. The number of nitrogens with zero attached hydrogens (tertiary/aromatic N) is 2.